The molecule has 0 saturated carbocycles. The molecule has 3 rings (SSSR count). The van der Waals surface area contributed by atoms with Crippen LogP contribution in [0.2, 0.25) is 0 Å². The van der Waals surface area contributed by atoms with Crippen molar-refractivity contribution >= 4 is 34.9 Å². The lowest BCUT2D eigenvalue weighted by atomic mass is 10.0. The monoisotopic (exact) mass is 436 g/mol. The first-order chi connectivity index (χ1) is 15.2. The van der Waals surface area contributed by atoms with Crippen molar-refractivity contribution in [1.82, 2.24) is 0 Å². The minimum atomic E-state index is -0.506. The Bertz CT molecular complexity index is 1060. The van der Waals surface area contributed by atoms with Crippen LogP contribution in [0.4, 0.5) is 11.4 Å². The molecule has 0 unspecified atom stereocenters. The van der Waals surface area contributed by atoms with Crippen LogP contribution in [-0.4, -0.2) is 43.3 Å². The zero-order valence-corrected chi connectivity index (χ0v) is 18.9. The summed E-state index contributed by atoms with van der Waals surface area (Å²) in [5.41, 5.74) is 4.57. The van der Waals surface area contributed by atoms with E-state index in [0.29, 0.717) is 16.9 Å². The van der Waals surface area contributed by atoms with E-state index in [2.05, 4.69) is 0 Å². The van der Waals surface area contributed by atoms with Gasteiger partial charge in [-0.2, -0.15) is 0 Å². The number of carbonyl (C=O) groups excluding carboxylic acids is 4. The third-order valence-electron chi connectivity index (χ3n) is 5.60. The summed E-state index contributed by atoms with van der Waals surface area (Å²) in [6.07, 6.45) is 0.0452. The number of fused-ring (bicyclic) bond motifs is 1. The minimum absolute atomic E-state index is 0.00969. The number of aryl methyl sites for hydroxylation is 3. The number of carbonyl (C=O) groups is 4. The lowest BCUT2D eigenvalue weighted by molar-refractivity contribution is -0.142. The van der Waals surface area contributed by atoms with Gasteiger partial charge in [-0.25, -0.2) is 0 Å². The molecule has 0 spiro atoms. The second-order valence-corrected chi connectivity index (χ2v) is 7.98. The molecular weight excluding hydrogens is 408 g/mol. The van der Waals surface area contributed by atoms with Gasteiger partial charge in [-0.15, -0.1) is 0 Å². The molecule has 2 aromatic rings. The molecule has 0 aliphatic carbocycles. The smallest absolute Gasteiger partial charge is 0.326 e. The van der Waals surface area contributed by atoms with E-state index in [-0.39, 0.29) is 50.1 Å². The predicted molar refractivity (Wildman–Crippen MR) is 122 cm³/mol. The quantitative estimate of drug-likeness (QED) is 0.490. The summed E-state index contributed by atoms with van der Waals surface area (Å²) in [4.78, 5) is 53.2. The molecule has 0 N–H and O–H groups in total. The molecule has 0 aromatic heterocycles. The average Bonchev–Trinajstić information content (AvgIpc) is 2.75. The summed E-state index contributed by atoms with van der Waals surface area (Å²) in [5, 5.41) is 0. The minimum Gasteiger partial charge on any atom is -0.465 e. The summed E-state index contributed by atoms with van der Waals surface area (Å²) in [7, 11) is 0. The Morgan fingerprint density at radius 1 is 0.938 bits per heavy atom. The van der Waals surface area contributed by atoms with Crippen LogP contribution in [-0.2, 0) is 19.1 Å². The maximum atomic E-state index is 13.0. The molecule has 0 saturated heterocycles. The molecule has 7 heteroatoms. The van der Waals surface area contributed by atoms with Crippen molar-refractivity contribution in [2.24, 2.45) is 0 Å². The first-order valence-corrected chi connectivity index (χ1v) is 10.7. The fourth-order valence-electron chi connectivity index (χ4n) is 3.63. The zero-order valence-electron chi connectivity index (χ0n) is 18.9. The van der Waals surface area contributed by atoms with Crippen LogP contribution >= 0.6 is 0 Å². The molecule has 0 bridgehead atoms. The molecule has 2 amide bonds. The molecule has 7 nitrogen and oxygen atoms in total. The third-order valence-corrected chi connectivity index (χ3v) is 5.60. The van der Waals surface area contributed by atoms with Crippen LogP contribution in [0, 0.1) is 20.8 Å². The first-order valence-electron chi connectivity index (χ1n) is 10.7. The number of nitrogens with zero attached hydrogens (tertiary/aromatic N) is 2. The Balaban J connectivity index is 1.81. The molecule has 2 aromatic carbocycles. The van der Waals surface area contributed by atoms with Crippen molar-refractivity contribution in [3.63, 3.8) is 0 Å². The molecule has 0 fully saturated rings. The van der Waals surface area contributed by atoms with Gasteiger partial charge in [0, 0.05) is 18.4 Å². The average molecular weight is 437 g/mol. The van der Waals surface area contributed by atoms with E-state index in [9.17, 15) is 19.2 Å². The number of benzene rings is 2. The number of ether oxygens (including phenoxy) is 1. The maximum absolute atomic E-state index is 13.0. The van der Waals surface area contributed by atoms with E-state index >= 15 is 0 Å². The Morgan fingerprint density at radius 3 is 2.19 bits per heavy atom. The highest BCUT2D eigenvalue weighted by molar-refractivity contribution is 6.13. The number of hydrogen-bond donors (Lipinski definition) is 0. The van der Waals surface area contributed by atoms with Crippen molar-refractivity contribution in [2.45, 2.75) is 40.5 Å². The first kappa shape index (κ1) is 23.2. The molecule has 0 radical (unpaired) electrons. The molecule has 1 heterocycles. The molecule has 168 valence electrons. The van der Waals surface area contributed by atoms with E-state index in [4.69, 9.17) is 4.74 Å². The highest BCUT2D eigenvalue weighted by Crippen LogP contribution is 2.36. The van der Waals surface area contributed by atoms with Crippen molar-refractivity contribution in [3.05, 3.63) is 58.7 Å². The van der Waals surface area contributed by atoms with E-state index in [1.807, 2.05) is 39.0 Å². The summed E-state index contributed by atoms with van der Waals surface area (Å²) in [6.45, 7) is 7.30. The van der Waals surface area contributed by atoms with Crippen LogP contribution in [0.25, 0.3) is 0 Å². The summed E-state index contributed by atoms with van der Waals surface area (Å²) >= 11 is 0. The maximum Gasteiger partial charge on any atom is 0.326 e. The normalized spacial score (nSPS) is 13.1. The second kappa shape index (κ2) is 9.77. The fraction of sp³-hybridized carbons (Fsp3) is 0.360. The zero-order chi connectivity index (χ0) is 23.4. The lowest BCUT2D eigenvalue weighted by Crippen LogP contribution is -2.50. The van der Waals surface area contributed by atoms with Crippen molar-refractivity contribution in [1.29, 1.82) is 0 Å². The molecule has 0 atom stereocenters. The Hall–Kier alpha value is -3.48. The van der Waals surface area contributed by atoms with E-state index in [0.717, 1.165) is 16.7 Å². The Labute approximate surface area is 188 Å². The van der Waals surface area contributed by atoms with Crippen LogP contribution in [0.15, 0.2) is 36.4 Å². The molecular formula is C25H28N2O5. The topological polar surface area (TPSA) is 84.0 Å². The summed E-state index contributed by atoms with van der Waals surface area (Å²) in [5.74, 6) is -1.30. The highest BCUT2D eigenvalue weighted by atomic mass is 16.5. The molecule has 32 heavy (non-hydrogen) atoms. The number of Topliss-reactive ketones (excluding diaryl/α,β-unsaturated/α-hetero) is 1. The number of esters is 1. The summed E-state index contributed by atoms with van der Waals surface area (Å²) < 4.78 is 5.00. The van der Waals surface area contributed by atoms with Gasteiger partial charge in [-0.1, -0.05) is 29.8 Å². The third kappa shape index (κ3) is 5.04. The van der Waals surface area contributed by atoms with Gasteiger partial charge in [0.2, 0.25) is 11.8 Å². The van der Waals surface area contributed by atoms with Crippen LogP contribution in [0.5, 0.6) is 0 Å². The number of hydrogen-bond acceptors (Lipinski definition) is 5. The number of ketones is 1. The largest absolute Gasteiger partial charge is 0.465 e. The number of rotatable bonds is 7. The Morgan fingerprint density at radius 2 is 1.56 bits per heavy atom. The van der Waals surface area contributed by atoms with E-state index < -0.39 is 5.97 Å². The van der Waals surface area contributed by atoms with Gasteiger partial charge in [-0.05, 0) is 51.0 Å². The van der Waals surface area contributed by atoms with Gasteiger partial charge >= 0.3 is 5.97 Å². The van der Waals surface area contributed by atoms with Crippen LogP contribution < -0.4 is 9.80 Å². The van der Waals surface area contributed by atoms with Crippen molar-refractivity contribution in [2.75, 3.05) is 29.5 Å². The highest BCUT2D eigenvalue weighted by Gasteiger charge is 2.34. The lowest BCUT2D eigenvalue weighted by Gasteiger charge is -2.36. The van der Waals surface area contributed by atoms with Crippen LogP contribution in [0.1, 0.15) is 46.8 Å². The van der Waals surface area contributed by atoms with Gasteiger partial charge in [0.1, 0.15) is 13.1 Å². The number of anilines is 2. The number of amides is 2. The second-order valence-electron chi connectivity index (χ2n) is 7.98. The Kier molecular flexibility index (Phi) is 7.08. The predicted octanol–water partition coefficient (Wildman–Crippen LogP) is 3.52. The standard InChI is InChI=1S/C25H28N2O5/c1-5-32-25(31)15-27-21-13-18(4)17(3)12-20(21)26(14-24(27)30)23(29)11-10-22(28)19-8-6-16(2)7-9-19/h6-9,12-13H,5,10-11,14-15H2,1-4H3. The molecule has 1 aliphatic rings. The van der Waals surface area contributed by atoms with E-state index in [1.54, 1.807) is 25.1 Å². The van der Waals surface area contributed by atoms with Crippen LogP contribution in [0.3, 0.4) is 0 Å². The van der Waals surface area contributed by atoms with E-state index in [1.165, 1.54) is 9.80 Å². The molecule has 1 aliphatic heterocycles. The van der Waals surface area contributed by atoms with Gasteiger partial charge in [0.25, 0.3) is 0 Å². The van der Waals surface area contributed by atoms with Gasteiger partial charge in [0.05, 0.1) is 18.0 Å². The van der Waals surface area contributed by atoms with Crippen molar-refractivity contribution in [3.8, 4) is 0 Å². The van der Waals surface area contributed by atoms with Gasteiger partial charge in [0.15, 0.2) is 5.78 Å². The SMILES string of the molecule is CCOC(=O)CN1C(=O)CN(C(=O)CCC(=O)c2ccc(C)cc2)c2cc(C)c(C)cc21. The summed E-state index contributed by atoms with van der Waals surface area (Å²) in [6, 6.07) is 10.9. The fourth-order valence-corrected chi connectivity index (χ4v) is 3.63. The van der Waals surface area contributed by atoms with Gasteiger partial charge in [-0.3, -0.25) is 24.1 Å². The van der Waals surface area contributed by atoms with Crippen molar-refractivity contribution < 1.29 is 23.9 Å². The van der Waals surface area contributed by atoms with Gasteiger partial charge < -0.3 is 9.64 Å².